The molecule has 0 aromatic heterocycles. The van der Waals surface area contributed by atoms with Gasteiger partial charge in [0.05, 0.1) is 0 Å². The Morgan fingerprint density at radius 1 is 1.36 bits per heavy atom. The van der Waals surface area contributed by atoms with E-state index in [2.05, 4.69) is 11.9 Å². The number of nitrogens with two attached hydrogens (primary N) is 1. The Labute approximate surface area is 87.6 Å². The molecule has 0 aromatic rings. The standard InChI is InChI=1S/C11H24N2O/c1-13-8-3-2-5-11(13)6-10-14-9-4-7-12/h11H,2-10,12H2,1H3. The van der Waals surface area contributed by atoms with E-state index in [-0.39, 0.29) is 0 Å². The second-order valence-corrected chi connectivity index (χ2v) is 4.17. The van der Waals surface area contributed by atoms with Crippen LogP contribution in [0.4, 0.5) is 0 Å². The van der Waals surface area contributed by atoms with E-state index >= 15 is 0 Å². The van der Waals surface area contributed by atoms with Gasteiger partial charge >= 0.3 is 0 Å². The van der Waals surface area contributed by atoms with Crippen LogP contribution < -0.4 is 5.73 Å². The molecule has 14 heavy (non-hydrogen) atoms. The zero-order valence-corrected chi connectivity index (χ0v) is 9.37. The molecule has 1 fully saturated rings. The van der Waals surface area contributed by atoms with Gasteiger partial charge < -0.3 is 15.4 Å². The maximum absolute atomic E-state index is 5.52. The molecular weight excluding hydrogens is 176 g/mol. The average Bonchev–Trinajstić information content (AvgIpc) is 2.20. The van der Waals surface area contributed by atoms with E-state index in [4.69, 9.17) is 10.5 Å². The van der Waals surface area contributed by atoms with E-state index in [1.54, 1.807) is 0 Å². The van der Waals surface area contributed by atoms with Crippen molar-refractivity contribution in [1.82, 2.24) is 4.90 Å². The van der Waals surface area contributed by atoms with E-state index in [0.717, 1.165) is 32.2 Å². The molecule has 1 saturated heterocycles. The van der Waals surface area contributed by atoms with Crippen LogP contribution in [0.1, 0.15) is 32.1 Å². The largest absolute Gasteiger partial charge is 0.381 e. The fourth-order valence-electron chi connectivity index (χ4n) is 2.02. The lowest BCUT2D eigenvalue weighted by Crippen LogP contribution is -2.36. The molecule has 0 bridgehead atoms. The Balaban J connectivity index is 1.99. The molecule has 0 saturated carbocycles. The maximum Gasteiger partial charge on any atom is 0.0480 e. The first-order chi connectivity index (χ1) is 6.84. The van der Waals surface area contributed by atoms with Crippen molar-refractivity contribution in [2.75, 3.05) is 33.4 Å². The van der Waals surface area contributed by atoms with Gasteiger partial charge in [-0.1, -0.05) is 6.42 Å². The van der Waals surface area contributed by atoms with Gasteiger partial charge in [0.2, 0.25) is 0 Å². The highest BCUT2D eigenvalue weighted by Crippen LogP contribution is 2.17. The van der Waals surface area contributed by atoms with Crippen LogP contribution in [0.15, 0.2) is 0 Å². The van der Waals surface area contributed by atoms with Gasteiger partial charge in [0, 0.05) is 19.3 Å². The van der Waals surface area contributed by atoms with Crippen LogP contribution in [-0.2, 0) is 4.74 Å². The third kappa shape index (κ3) is 4.40. The van der Waals surface area contributed by atoms with Crippen LogP contribution in [0.25, 0.3) is 0 Å². The minimum absolute atomic E-state index is 0.739. The topological polar surface area (TPSA) is 38.5 Å². The molecule has 0 radical (unpaired) electrons. The van der Waals surface area contributed by atoms with Gasteiger partial charge in [0.15, 0.2) is 0 Å². The van der Waals surface area contributed by atoms with Crippen LogP contribution in [0.2, 0.25) is 0 Å². The van der Waals surface area contributed by atoms with Gasteiger partial charge in [-0.05, 0) is 45.8 Å². The first-order valence-electron chi connectivity index (χ1n) is 5.82. The predicted molar refractivity (Wildman–Crippen MR) is 59.4 cm³/mol. The minimum Gasteiger partial charge on any atom is -0.381 e. The summed E-state index contributed by atoms with van der Waals surface area (Å²) in [5.41, 5.74) is 5.39. The minimum atomic E-state index is 0.739. The molecule has 0 aromatic carbocycles. The molecule has 3 nitrogen and oxygen atoms in total. The van der Waals surface area contributed by atoms with Gasteiger partial charge in [0.25, 0.3) is 0 Å². The Bertz CT molecular complexity index is 141. The second-order valence-electron chi connectivity index (χ2n) is 4.17. The molecule has 0 spiro atoms. The Hall–Kier alpha value is -0.120. The number of hydrogen-bond donors (Lipinski definition) is 1. The SMILES string of the molecule is CN1CCCCC1CCOCCCN. The molecule has 3 heteroatoms. The highest BCUT2D eigenvalue weighted by Gasteiger charge is 2.17. The van der Waals surface area contributed by atoms with Crippen LogP contribution in [-0.4, -0.2) is 44.3 Å². The van der Waals surface area contributed by atoms with Crippen molar-refractivity contribution < 1.29 is 4.74 Å². The molecular formula is C11H24N2O. The summed E-state index contributed by atoms with van der Waals surface area (Å²) in [6.45, 7) is 3.72. The summed E-state index contributed by atoms with van der Waals surface area (Å²) in [6, 6.07) is 0.752. The monoisotopic (exact) mass is 200 g/mol. The normalized spacial score (nSPS) is 24.0. The number of rotatable bonds is 6. The fraction of sp³-hybridized carbons (Fsp3) is 1.00. The number of likely N-dealkylation sites (tertiary alicyclic amines) is 1. The van der Waals surface area contributed by atoms with E-state index in [1.807, 2.05) is 0 Å². The third-order valence-corrected chi connectivity index (χ3v) is 3.01. The van der Waals surface area contributed by atoms with Gasteiger partial charge in [-0.3, -0.25) is 0 Å². The van der Waals surface area contributed by atoms with Crippen LogP contribution in [0.3, 0.4) is 0 Å². The van der Waals surface area contributed by atoms with Crippen molar-refractivity contribution in [3.8, 4) is 0 Å². The molecule has 1 aliphatic rings. The predicted octanol–water partition coefficient (Wildman–Crippen LogP) is 1.23. The fourth-order valence-corrected chi connectivity index (χ4v) is 2.02. The summed E-state index contributed by atoms with van der Waals surface area (Å²) in [5.74, 6) is 0. The van der Waals surface area contributed by atoms with Crippen LogP contribution >= 0.6 is 0 Å². The van der Waals surface area contributed by atoms with Gasteiger partial charge in [0.1, 0.15) is 0 Å². The number of ether oxygens (including phenoxy) is 1. The lowest BCUT2D eigenvalue weighted by Gasteiger charge is -2.32. The highest BCUT2D eigenvalue weighted by molar-refractivity contribution is 4.73. The summed E-state index contributed by atoms with van der Waals surface area (Å²) in [5, 5.41) is 0. The van der Waals surface area contributed by atoms with E-state index in [0.29, 0.717) is 0 Å². The second kappa shape index (κ2) is 7.21. The summed E-state index contributed by atoms with van der Waals surface area (Å²) in [7, 11) is 2.23. The zero-order chi connectivity index (χ0) is 10.2. The van der Waals surface area contributed by atoms with Gasteiger partial charge in [-0.25, -0.2) is 0 Å². The van der Waals surface area contributed by atoms with Crippen LogP contribution in [0.5, 0.6) is 0 Å². The van der Waals surface area contributed by atoms with Crippen molar-refractivity contribution in [2.24, 2.45) is 5.73 Å². The van der Waals surface area contributed by atoms with Gasteiger partial charge in [-0.2, -0.15) is 0 Å². The van der Waals surface area contributed by atoms with E-state index < -0.39 is 0 Å². The van der Waals surface area contributed by atoms with Crippen molar-refractivity contribution in [1.29, 1.82) is 0 Å². The molecule has 1 unspecified atom stereocenters. The smallest absolute Gasteiger partial charge is 0.0480 e. The van der Waals surface area contributed by atoms with Crippen molar-refractivity contribution >= 4 is 0 Å². The molecule has 1 atom stereocenters. The van der Waals surface area contributed by atoms with E-state index in [1.165, 1.54) is 32.2 Å². The van der Waals surface area contributed by atoms with Crippen molar-refractivity contribution in [3.63, 3.8) is 0 Å². The quantitative estimate of drug-likeness (QED) is 0.655. The molecule has 1 rings (SSSR count). The first kappa shape index (κ1) is 12.0. The zero-order valence-electron chi connectivity index (χ0n) is 9.37. The molecule has 0 aliphatic carbocycles. The lowest BCUT2D eigenvalue weighted by atomic mass is 10.0. The molecule has 1 heterocycles. The molecule has 0 amide bonds. The number of nitrogens with zero attached hydrogens (tertiary/aromatic N) is 1. The van der Waals surface area contributed by atoms with Gasteiger partial charge in [-0.15, -0.1) is 0 Å². The molecule has 1 aliphatic heterocycles. The summed E-state index contributed by atoms with van der Waals surface area (Å²) >= 11 is 0. The number of hydrogen-bond acceptors (Lipinski definition) is 3. The summed E-state index contributed by atoms with van der Waals surface area (Å²) < 4.78 is 5.52. The van der Waals surface area contributed by atoms with Crippen LogP contribution in [0, 0.1) is 0 Å². The molecule has 84 valence electrons. The maximum atomic E-state index is 5.52. The lowest BCUT2D eigenvalue weighted by molar-refractivity contribution is 0.0916. The third-order valence-electron chi connectivity index (χ3n) is 3.01. The average molecular weight is 200 g/mol. The summed E-state index contributed by atoms with van der Waals surface area (Å²) in [6.07, 6.45) is 6.26. The van der Waals surface area contributed by atoms with E-state index in [9.17, 15) is 0 Å². The molecule has 2 N–H and O–H groups in total. The Kier molecular flexibility index (Phi) is 6.15. The Morgan fingerprint density at radius 3 is 2.93 bits per heavy atom. The van der Waals surface area contributed by atoms with Crippen molar-refractivity contribution in [2.45, 2.75) is 38.1 Å². The first-order valence-corrected chi connectivity index (χ1v) is 5.82. The number of piperidine rings is 1. The van der Waals surface area contributed by atoms with Crippen molar-refractivity contribution in [3.05, 3.63) is 0 Å². The highest BCUT2D eigenvalue weighted by atomic mass is 16.5. The Morgan fingerprint density at radius 2 is 2.21 bits per heavy atom. The summed E-state index contributed by atoms with van der Waals surface area (Å²) in [4.78, 5) is 2.47.